The van der Waals surface area contributed by atoms with Crippen LogP contribution in [-0.2, 0) is 6.42 Å². The van der Waals surface area contributed by atoms with Crippen molar-refractivity contribution in [3.8, 4) is 11.1 Å². The van der Waals surface area contributed by atoms with Crippen molar-refractivity contribution in [2.24, 2.45) is 0 Å². The summed E-state index contributed by atoms with van der Waals surface area (Å²) in [5, 5.41) is 0.682. The Hall–Kier alpha value is -3.36. The Morgan fingerprint density at radius 2 is 1.32 bits per heavy atom. The third-order valence-corrected chi connectivity index (χ3v) is 6.33. The van der Waals surface area contributed by atoms with Crippen LogP contribution in [0, 0.1) is 0 Å². The highest BCUT2D eigenvalue weighted by atomic mass is 35.5. The second kappa shape index (κ2) is 8.41. The van der Waals surface area contributed by atoms with Crippen molar-refractivity contribution >= 4 is 17.5 Å². The molecule has 1 unspecified atom stereocenters. The average molecular weight is 424 g/mol. The molecule has 0 aliphatic carbocycles. The number of halogens is 1. The molecule has 152 valence electrons. The van der Waals surface area contributed by atoms with Crippen molar-refractivity contribution in [1.29, 1.82) is 0 Å². The molecule has 1 atom stereocenters. The van der Waals surface area contributed by atoms with Gasteiger partial charge in [0, 0.05) is 17.1 Å². The van der Waals surface area contributed by atoms with Gasteiger partial charge in [-0.2, -0.15) is 0 Å². The Balaban J connectivity index is 1.52. The summed E-state index contributed by atoms with van der Waals surface area (Å²) in [6, 6.07) is 34.1. The van der Waals surface area contributed by atoms with Gasteiger partial charge in [0.2, 0.25) is 0 Å². The summed E-state index contributed by atoms with van der Waals surface area (Å²) in [4.78, 5) is 15.6. The second-order valence-corrected chi connectivity index (χ2v) is 8.22. The summed E-state index contributed by atoms with van der Waals surface area (Å²) in [5.41, 5.74) is 6.32. The summed E-state index contributed by atoms with van der Waals surface area (Å²) >= 11 is 6.59. The van der Waals surface area contributed by atoms with E-state index >= 15 is 0 Å². The molecule has 1 aliphatic rings. The van der Waals surface area contributed by atoms with E-state index in [1.54, 1.807) is 0 Å². The van der Waals surface area contributed by atoms with Crippen LogP contribution in [0.4, 0.5) is 0 Å². The lowest BCUT2D eigenvalue weighted by Crippen LogP contribution is -2.40. The Bertz CT molecular complexity index is 1220. The van der Waals surface area contributed by atoms with Crippen LogP contribution in [0.3, 0.4) is 0 Å². The number of fused-ring (bicyclic) bond motifs is 1. The normalized spacial score (nSPS) is 15.4. The van der Waals surface area contributed by atoms with Crippen LogP contribution in [0.2, 0.25) is 5.02 Å². The molecule has 5 rings (SSSR count). The van der Waals surface area contributed by atoms with Gasteiger partial charge in [0.1, 0.15) is 0 Å². The maximum absolute atomic E-state index is 13.6. The molecule has 0 bridgehead atoms. The SMILES string of the molecule is O=C(c1ccc(-c2ccccc2)cc1)N1CCc2ccccc2C1c1ccccc1Cl. The van der Waals surface area contributed by atoms with Crippen molar-refractivity contribution in [3.63, 3.8) is 0 Å². The van der Waals surface area contributed by atoms with E-state index in [0.29, 0.717) is 17.1 Å². The minimum atomic E-state index is -0.194. The number of carbonyl (C=O) groups is 1. The van der Waals surface area contributed by atoms with E-state index < -0.39 is 0 Å². The second-order valence-electron chi connectivity index (χ2n) is 7.81. The van der Waals surface area contributed by atoms with E-state index in [4.69, 9.17) is 11.6 Å². The molecule has 1 amide bonds. The third kappa shape index (κ3) is 3.75. The Kier molecular flexibility index (Phi) is 5.31. The predicted molar refractivity (Wildman–Crippen MR) is 126 cm³/mol. The fourth-order valence-corrected chi connectivity index (χ4v) is 4.66. The highest BCUT2D eigenvalue weighted by Crippen LogP contribution is 2.39. The highest BCUT2D eigenvalue weighted by molar-refractivity contribution is 6.31. The van der Waals surface area contributed by atoms with E-state index in [9.17, 15) is 4.79 Å². The number of benzene rings is 4. The van der Waals surface area contributed by atoms with Gasteiger partial charge < -0.3 is 4.90 Å². The van der Waals surface area contributed by atoms with E-state index in [1.807, 2.05) is 77.7 Å². The molecule has 1 aliphatic heterocycles. The molecular weight excluding hydrogens is 402 g/mol. The molecule has 31 heavy (non-hydrogen) atoms. The van der Waals surface area contributed by atoms with Crippen molar-refractivity contribution in [3.05, 3.63) is 130 Å². The molecule has 4 aromatic carbocycles. The molecule has 3 heteroatoms. The molecule has 0 radical (unpaired) electrons. The van der Waals surface area contributed by atoms with Gasteiger partial charge in [-0.15, -0.1) is 0 Å². The fraction of sp³-hybridized carbons (Fsp3) is 0.107. The smallest absolute Gasteiger partial charge is 0.254 e. The van der Waals surface area contributed by atoms with Crippen LogP contribution >= 0.6 is 11.6 Å². The Morgan fingerprint density at radius 3 is 2.06 bits per heavy atom. The van der Waals surface area contributed by atoms with Crippen LogP contribution in [0.1, 0.15) is 33.1 Å². The maximum atomic E-state index is 13.6. The van der Waals surface area contributed by atoms with Crippen LogP contribution in [0.25, 0.3) is 11.1 Å². The highest BCUT2D eigenvalue weighted by Gasteiger charge is 2.33. The molecule has 0 saturated carbocycles. The number of rotatable bonds is 3. The zero-order valence-corrected chi connectivity index (χ0v) is 17.8. The molecule has 0 fully saturated rings. The van der Waals surface area contributed by atoms with Gasteiger partial charge in [-0.3, -0.25) is 4.79 Å². The Labute approximate surface area is 187 Å². The predicted octanol–water partition coefficient (Wildman–Crippen LogP) is 6.79. The van der Waals surface area contributed by atoms with E-state index in [-0.39, 0.29) is 11.9 Å². The number of hydrogen-bond acceptors (Lipinski definition) is 1. The van der Waals surface area contributed by atoms with Gasteiger partial charge in [0.05, 0.1) is 6.04 Å². The first-order valence-electron chi connectivity index (χ1n) is 10.5. The molecule has 0 spiro atoms. The van der Waals surface area contributed by atoms with Gasteiger partial charge in [0.25, 0.3) is 5.91 Å². The third-order valence-electron chi connectivity index (χ3n) is 5.98. The topological polar surface area (TPSA) is 20.3 Å². The summed E-state index contributed by atoms with van der Waals surface area (Å²) in [7, 11) is 0. The molecular formula is C28H22ClNO. The molecule has 1 heterocycles. The lowest BCUT2D eigenvalue weighted by Gasteiger charge is -2.38. The first-order chi connectivity index (χ1) is 15.2. The number of hydrogen-bond donors (Lipinski definition) is 0. The quantitative estimate of drug-likeness (QED) is 0.355. The fourth-order valence-electron chi connectivity index (χ4n) is 4.42. The lowest BCUT2D eigenvalue weighted by molar-refractivity contribution is 0.0694. The zero-order valence-electron chi connectivity index (χ0n) is 17.0. The molecule has 0 aromatic heterocycles. The molecule has 2 nitrogen and oxygen atoms in total. The lowest BCUT2D eigenvalue weighted by atomic mass is 9.87. The van der Waals surface area contributed by atoms with Gasteiger partial charge in [0.15, 0.2) is 0 Å². The Morgan fingerprint density at radius 1 is 0.710 bits per heavy atom. The summed E-state index contributed by atoms with van der Waals surface area (Å²) < 4.78 is 0. The summed E-state index contributed by atoms with van der Waals surface area (Å²) in [6.45, 7) is 0.659. The van der Waals surface area contributed by atoms with Gasteiger partial charge >= 0.3 is 0 Å². The van der Waals surface area contributed by atoms with Crippen molar-refractivity contribution < 1.29 is 4.79 Å². The summed E-state index contributed by atoms with van der Waals surface area (Å²) in [6.07, 6.45) is 0.838. The first-order valence-corrected chi connectivity index (χ1v) is 10.9. The van der Waals surface area contributed by atoms with Crippen LogP contribution in [-0.4, -0.2) is 17.4 Å². The van der Waals surface area contributed by atoms with Crippen molar-refractivity contribution in [1.82, 2.24) is 4.90 Å². The van der Waals surface area contributed by atoms with Gasteiger partial charge in [-0.05, 0) is 52.4 Å². The number of nitrogens with zero attached hydrogens (tertiary/aromatic N) is 1. The standard InChI is InChI=1S/C28H22ClNO/c29-26-13-7-6-12-25(26)27-24-11-5-4-10-22(24)18-19-30(27)28(31)23-16-14-21(15-17-23)20-8-2-1-3-9-20/h1-17,27H,18-19H2. The summed E-state index contributed by atoms with van der Waals surface area (Å²) in [5.74, 6) is 0.0269. The minimum Gasteiger partial charge on any atom is -0.327 e. The van der Waals surface area contributed by atoms with E-state index in [0.717, 1.165) is 28.7 Å². The van der Waals surface area contributed by atoms with Crippen molar-refractivity contribution in [2.45, 2.75) is 12.5 Å². The van der Waals surface area contributed by atoms with Crippen LogP contribution in [0.5, 0.6) is 0 Å². The monoisotopic (exact) mass is 423 g/mol. The van der Waals surface area contributed by atoms with Gasteiger partial charge in [-0.25, -0.2) is 0 Å². The van der Waals surface area contributed by atoms with Gasteiger partial charge in [-0.1, -0.05) is 96.5 Å². The first kappa shape index (κ1) is 19.6. The largest absolute Gasteiger partial charge is 0.327 e. The number of carbonyl (C=O) groups excluding carboxylic acids is 1. The minimum absolute atomic E-state index is 0.0269. The average Bonchev–Trinajstić information content (AvgIpc) is 2.84. The molecule has 0 N–H and O–H groups in total. The molecule has 4 aromatic rings. The van der Waals surface area contributed by atoms with Crippen molar-refractivity contribution in [2.75, 3.05) is 6.54 Å². The van der Waals surface area contributed by atoms with Crippen LogP contribution in [0.15, 0.2) is 103 Å². The molecule has 0 saturated heterocycles. The van der Waals surface area contributed by atoms with E-state index in [2.05, 4.69) is 30.3 Å². The van der Waals surface area contributed by atoms with E-state index in [1.165, 1.54) is 5.56 Å². The zero-order chi connectivity index (χ0) is 21.2. The van der Waals surface area contributed by atoms with Crippen LogP contribution < -0.4 is 0 Å². The number of amides is 1. The maximum Gasteiger partial charge on any atom is 0.254 e.